The molecule has 0 aliphatic carbocycles. The first-order valence-corrected chi connectivity index (χ1v) is 13.0. The molecular weight excluding hydrogens is 561 g/mol. The Labute approximate surface area is 224 Å². The summed E-state index contributed by atoms with van der Waals surface area (Å²) < 4.78 is 95.0. The number of aromatic nitrogens is 3. The van der Waals surface area contributed by atoms with Crippen molar-refractivity contribution in [1.29, 1.82) is 0 Å². The Morgan fingerprint density at radius 2 is 1.75 bits per heavy atom. The molecule has 212 valence electrons. The van der Waals surface area contributed by atoms with Gasteiger partial charge in [0.05, 0.1) is 34.5 Å². The molecule has 2 aromatic heterocycles. The largest absolute Gasteiger partial charge is 0.416 e. The van der Waals surface area contributed by atoms with E-state index in [4.69, 9.17) is 0 Å². The van der Waals surface area contributed by atoms with E-state index in [2.05, 4.69) is 20.1 Å². The molecule has 0 aliphatic rings. The average molecular weight is 584 g/mol. The molecule has 0 atom stereocenters. The fourth-order valence-electron chi connectivity index (χ4n) is 3.67. The normalized spacial score (nSPS) is 12.7. The van der Waals surface area contributed by atoms with Gasteiger partial charge in [-0.05, 0) is 50.2 Å². The molecule has 0 fully saturated rings. The summed E-state index contributed by atoms with van der Waals surface area (Å²) in [7, 11) is -4.08. The van der Waals surface area contributed by atoms with E-state index in [1.54, 1.807) is 0 Å². The highest BCUT2D eigenvalue weighted by Gasteiger charge is 2.30. The first-order valence-electron chi connectivity index (χ1n) is 11.5. The summed E-state index contributed by atoms with van der Waals surface area (Å²) in [5.74, 6) is -0.856. The Morgan fingerprint density at radius 3 is 2.35 bits per heavy atom. The second-order valence-corrected chi connectivity index (χ2v) is 11.0. The average Bonchev–Trinajstić information content (AvgIpc) is 3.31. The monoisotopic (exact) mass is 583 g/mol. The fraction of sp³-hybridized carbons (Fsp3) is 0.240. The van der Waals surface area contributed by atoms with Crippen LogP contribution in [0.3, 0.4) is 0 Å². The number of sulfonamides is 1. The Bertz CT molecular complexity index is 1670. The van der Waals surface area contributed by atoms with Gasteiger partial charge < -0.3 is 10.4 Å². The Kier molecular flexibility index (Phi) is 7.66. The van der Waals surface area contributed by atoms with E-state index in [9.17, 15) is 40.3 Å². The minimum absolute atomic E-state index is 0.0435. The zero-order valence-corrected chi connectivity index (χ0v) is 21.7. The highest BCUT2D eigenvalue weighted by molar-refractivity contribution is 7.89. The lowest BCUT2D eigenvalue weighted by Crippen LogP contribution is -2.46. The van der Waals surface area contributed by atoms with Crippen molar-refractivity contribution in [1.82, 2.24) is 19.3 Å². The number of aliphatic hydroxyl groups is 1. The number of benzene rings is 2. The van der Waals surface area contributed by atoms with Gasteiger partial charge in [-0.3, -0.25) is 4.79 Å². The molecule has 0 radical (unpaired) electrons. The van der Waals surface area contributed by atoms with Crippen LogP contribution in [0, 0.1) is 0 Å². The first-order chi connectivity index (χ1) is 18.6. The third-order valence-corrected chi connectivity index (χ3v) is 7.38. The summed E-state index contributed by atoms with van der Waals surface area (Å²) in [5, 5.41) is 15.7. The number of nitrogens with one attached hydrogen (secondary N) is 2. The molecule has 0 aliphatic heterocycles. The van der Waals surface area contributed by atoms with Crippen LogP contribution in [-0.4, -0.2) is 46.2 Å². The maximum atomic E-state index is 13.9. The van der Waals surface area contributed by atoms with Crippen LogP contribution in [0.25, 0.3) is 16.9 Å². The van der Waals surface area contributed by atoms with Gasteiger partial charge in [-0.1, -0.05) is 18.2 Å². The number of hydrogen-bond acceptors (Lipinski definition) is 6. The number of carbonyl (C=O) groups is 1. The summed E-state index contributed by atoms with van der Waals surface area (Å²) in [5.41, 5.74) is -3.25. The van der Waals surface area contributed by atoms with Gasteiger partial charge in [-0.15, -0.1) is 0 Å². The SMILES string of the molecule is CC(C)(CO)NS(=O)(=O)c1cccc(NC(=O)c2cnn3c(C(F)F)cc(-c4ccc(C(F)(F)F)cc4)nc23)c1. The standard InChI is InChI=1S/C25H22F5N5O4S/c1-24(2,13-36)34-40(38,39)17-5-3-4-16(10-17)32-23(37)18-12-31-35-20(21(26)27)11-19(33-22(18)35)14-6-8-15(9-7-14)25(28,29)30/h3-12,21,34,36H,13H2,1-2H3,(H,32,37). The summed E-state index contributed by atoms with van der Waals surface area (Å²) in [4.78, 5) is 17.1. The maximum absolute atomic E-state index is 13.9. The van der Waals surface area contributed by atoms with E-state index in [0.29, 0.717) is 0 Å². The van der Waals surface area contributed by atoms with Crippen LogP contribution in [0.2, 0.25) is 0 Å². The molecule has 2 aromatic carbocycles. The maximum Gasteiger partial charge on any atom is 0.416 e. The number of rotatable bonds is 8. The Balaban J connectivity index is 1.69. The lowest BCUT2D eigenvalue weighted by Gasteiger charge is -2.23. The predicted octanol–water partition coefficient (Wildman–Crippen LogP) is 4.65. The van der Waals surface area contributed by atoms with Gasteiger partial charge in [0.2, 0.25) is 10.0 Å². The third-order valence-electron chi connectivity index (χ3n) is 5.68. The summed E-state index contributed by atoms with van der Waals surface area (Å²) in [6.45, 7) is 2.47. The minimum Gasteiger partial charge on any atom is -0.394 e. The molecule has 3 N–H and O–H groups in total. The van der Waals surface area contributed by atoms with Crippen LogP contribution in [0.15, 0.2) is 65.7 Å². The molecular formula is C25H22F5N5O4S. The molecule has 9 nitrogen and oxygen atoms in total. The highest BCUT2D eigenvalue weighted by Crippen LogP contribution is 2.32. The van der Waals surface area contributed by atoms with E-state index >= 15 is 0 Å². The zero-order valence-electron chi connectivity index (χ0n) is 20.9. The van der Waals surface area contributed by atoms with Gasteiger partial charge in [-0.25, -0.2) is 31.4 Å². The number of halogens is 5. The van der Waals surface area contributed by atoms with Crippen molar-refractivity contribution >= 4 is 27.3 Å². The van der Waals surface area contributed by atoms with E-state index in [1.165, 1.54) is 32.0 Å². The molecule has 40 heavy (non-hydrogen) atoms. The van der Waals surface area contributed by atoms with Crippen molar-refractivity contribution in [2.24, 2.45) is 0 Å². The third kappa shape index (κ3) is 6.11. The Hall–Kier alpha value is -3.95. The molecule has 0 saturated carbocycles. The van der Waals surface area contributed by atoms with Gasteiger partial charge in [-0.2, -0.15) is 18.3 Å². The van der Waals surface area contributed by atoms with Crippen molar-refractivity contribution in [3.05, 3.63) is 77.6 Å². The second kappa shape index (κ2) is 10.6. The lowest BCUT2D eigenvalue weighted by molar-refractivity contribution is -0.137. The van der Waals surface area contributed by atoms with E-state index < -0.39 is 51.9 Å². The van der Waals surface area contributed by atoms with Crippen molar-refractivity contribution in [2.45, 2.75) is 36.9 Å². The van der Waals surface area contributed by atoms with Gasteiger partial charge in [0.15, 0.2) is 5.65 Å². The van der Waals surface area contributed by atoms with Gasteiger partial charge in [0, 0.05) is 11.3 Å². The van der Waals surface area contributed by atoms with Crippen LogP contribution in [0.1, 0.15) is 41.9 Å². The van der Waals surface area contributed by atoms with Crippen molar-refractivity contribution in [2.75, 3.05) is 11.9 Å². The first kappa shape index (κ1) is 29.0. The summed E-state index contributed by atoms with van der Waals surface area (Å²) in [6, 6.07) is 9.86. The summed E-state index contributed by atoms with van der Waals surface area (Å²) >= 11 is 0. The smallest absolute Gasteiger partial charge is 0.394 e. The predicted molar refractivity (Wildman–Crippen MR) is 134 cm³/mol. The van der Waals surface area contributed by atoms with E-state index in [1.807, 2.05) is 0 Å². The number of alkyl halides is 5. The number of fused-ring (bicyclic) bond motifs is 1. The summed E-state index contributed by atoms with van der Waals surface area (Å²) in [6.07, 6.45) is -6.67. The second-order valence-electron chi connectivity index (χ2n) is 9.37. The molecule has 0 unspecified atom stereocenters. The number of carbonyl (C=O) groups excluding carboxylic acids is 1. The van der Waals surface area contributed by atoms with Crippen LogP contribution < -0.4 is 10.0 Å². The molecule has 15 heteroatoms. The molecule has 4 rings (SSSR count). The topological polar surface area (TPSA) is 126 Å². The zero-order chi connectivity index (χ0) is 29.5. The molecule has 2 heterocycles. The lowest BCUT2D eigenvalue weighted by atomic mass is 10.1. The molecule has 0 bridgehead atoms. The van der Waals surface area contributed by atoms with Crippen LogP contribution >= 0.6 is 0 Å². The molecule has 4 aromatic rings. The van der Waals surface area contributed by atoms with Crippen molar-refractivity contribution in [3.8, 4) is 11.3 Å². The minimum atomic E-state index is -4.59. The van der Waals surface area contributed by atoms with E-state index in [-0.39, 0.29) is 33.1 Å². The number of anilines is 1. The molecule has 0 spiro atoms. The number of amides is 1. The highest BCUT2D eigenvalue weighted by atomic mass is 32.2. The van der Waals surface area contributed by atoms with Gasteiger partial charge >= 0.3 is 6.18 Å². The van der Waals surface area contributed by atoms with Crippen molar-refractivity contribution < 1.29 is 40.3 Å². The number of hydrogen-bond donors (Lipinski definition) is 3. The van der Waals surface area contributed by atoms with Crippen molar-refractivity contribution in [3.63, 3.8) is 0 Å². The van der Waals surface area contributed by atoms with Crippen LogP contribution in [0.4, 0.5) is 27.6 Å². The van der Waals surface area contributed by atoms with Crippen LogP contribution in [-0.2, 0) is 16.2 Å². The van der Waals surface area contributed by atoms with Crippen LogP contribution in [0.5, 0.6) is 0 Å². The van der Waals surface area contributed by atoms with Gasteiger partial charge in [0.1, 0.15) is 11.3 Å². The van der Waals surface area contributed by atoms with Gasteiger partial charge in [0.25, 0.3) is 12.3 Å². The molecule has 0 saturated heterocycles. The fourth-order valence-corrected chi connectivity index (χ4v) is 5.12. The Morgan fingerprint density at radius 1 is 1.07 bits per heavy atom. The number of nitrogens with zero attached hydrogens (tertiary/aromatic N) is 3. The van der Waals surface area contributed by atoms with E-state index in [0.717, 1.165) is 47.1 Å². The quantitative estimate of drug-likeness (QED) is 0.259. The molecule has 1 amide bonds. The number of aliphatic hydroxyl groups excluding tert-OH is 1.